The normalized spacial score (nSPS) is 21.2. The molecule has 2 atom stereocenters. The fraction of sp³-hybridized carbons (Fsp3) is 0.333. The minimum Gasteiger partial charge on any atom is -0.384 e. The van der Waals surface area contributed by atoms with Gasteiger partial charge in [0, 0.05) is 12.4 Å². The maximum Gasteiger partial charge on any atom is 0.278 e. The highest BCUT2D eigenvalue weighted by Gasteiger charge is 2.27. The van der Waals surface area contributed by atoms with Crippen LogP contribution in [0.1, 0.15) is 50.9 Å². The Bertz CT molecular complexity index is 2310. The van der Waals surface area contributed by atoms with Gasteiger partial charge in [0.1, 0.15) is 22.0 Å². The van der Waals surface area contributed by atoms with Crippen LogP contribution in [0.4, 0.5) is 0 Å². The van der Waals surface area contributed by atoms with Crippen molar-refractivity contribution < 1.29 is 10.2 Å². The van der Waals surface area contributed by atoms with Crippen LogP contribution >= 0.6 is 23.5 Å². The lowest BCUT2D eigenvalue weighted by atomic mass is 9.95. The second-order valence-corrected chi connectivity index (χ2v) is 14.5. The van der Waals surface area contributed by atoms with E-state index in [1.54, 1.807) is 45.0 Å². The number of aromatic nitrogens is 10. The van der Waals surface area contributed by atoms with Crippen LogP contribution in [0.15, 0.2) is 93.0 Å². The van der Waals surface area contributed by atoms with Gasteiger partial charge in [-0.1, -0.05) is 60.0 Å². The lowest BCUT2D eigenvalue weighted by Crippen LogP contribution is -2.24. The molecule has 0 fully saturated rings. The standard InChI is InChI=1S/2C18H19N5O2S/c2*1-18(25)9-4-3-5-10-22-16(24)12-11-19-17(26-2)21-15(12)23(22)14-8-6-7-13(18)20-14/h2*3,5-8,11,25H,4,9-10H2,1-2H3/b2*5-3-/t2*18-/m10/s1. The molecule has 2 aliphatic rings. The first-order valence-corrected chi connectivity index (χ1v) is 19.2. The van der Waals surface area contributed by atoms with Crippen molar-refractivity contribution in [2.75, 3.05) is 12.5 Å². The summed E-state index contributed by atoms with van der Waals surface area (Å²) in [4.78, 5) is 52.6. The minimum atomic E-state index is -1.04. The van der Waals surface area contributed by atoms with Crippen molar-refractivity contribution in [2.45, 2.75) is 74.1 Å². The van der Waals surface area contributed by atoms with E-state index in [1.807, 2.05) is 73.2 Å². The zero-order valence-electron chi connectivity index (χ0n) is 29.2. The fourth-order valence-corrected chi connectivity index (χ4v) is 6.94. The van der Waals surface area contributed by atoms with Crippen molar-refractivity contribution in [1.29, 1.82) is 0 Å². The van der Waals surface area contributed by atoms with Gasteiger partial charge in [0.25, 0.3) is 11.1 Å². The van der Waals surface area contributed by atoms with Crippen LogP contribution in [0, 0.1) is 0 Å². The Morgan fingerprint density at radius 3 is 1.46 bits per heavy atom. The van der Waals surface area contributed by atoms with Crippen molar-refractivity contribution in [3.05, 3.63) is 105 Å². The molecule has 8 heterocycles. The Morgan fingerprint density at radius 1 is 0.635 bits per heavy atom. The van der Waals surface area contributed by atoms with Gasteiger partial charge in [-0.05, 0) is 76.3 Å². The maximum atomic E-state index is 12.9. The van der Waals surface area contributed by atoms with Crippen LogP contribution in [0.3, 0.4) is 0 Å². The zero-order chi connectivity index (χ0) is 36.6. The van der Waals surface area contributed by atoms with E-state index in [2.05, 4.69) is 29.9 Å². The van der Waals surface area contributed by atoms with Crippen LogP contribution in [0.25, 0.3) is 33.7 Å². The molecule has 52 heavy (non-hydrogen) atoms. The Morgan fingerprint density at radius 2 is 1.06 bits per heavy atom. The number of nitrogens with zero attached hydrogens (tertiary/aromatic N) is 10. The molecule has 2 N–H and O–H groups in total. The summed E-state index contributed by atoms with van der Waals surface area (Å²) in [7, 11) is 0. The molecule has 0 amide bonds. The number of fused-ring (bicyclic) bond motifs is 12. The summed E-state index contributed by atoms with van der Waals surface area (Å²) in [5.41, 5.74) is -0.213. The summed E-state index contributed by atoms with van der Waals surface area (Å²) in [5, 5.41) is 23.7. The van der Waals surface area contributed by atoms with Gasteiger partial charge in [0.15, 0.2) is 33.2 Å². The van der Waals surface area contributed by atoms with Crippen molar-refractivity contribution in [3.8, 4) is 11.6 Å². The third-order valence-corrected chi connectivity index (χ3v) is 10.3. The minimum absolute atomic E-state index is 0.157. The lowest BCUT2D eigenvalue weighted by molar-refractivity contribution is 0.0439. The summed E-state index contributed by atoms with van der Waals surface area (Å²) in [6.07, 6.45) is 17.3. The van der Waals surface area contributed by atoms with E-state index in [4.69, 9.17) is 0 Å². The average Bonchev–Trinajstić information content (AvgIpc) is 3.58. The van der Waals surface area contributed by atoms with Crippen LogP contribution < -0.4 is 11.1 Å². The number of hydrogen-bond acceptors (Lipinski definition) is 12. The molecule has 14 nitrogen and oxygen atoms in total. The highest BCUT2D eigenvalue weighted by atomic mass is 32.2. The largest absolute Gasteiger partial charge is 0.384 e. The molecule has 4 bridgehead atoms. The third-order valence-electron chi connectivity index (χ3n) is 9.16. The predicted molar refractivity (Wildman–Crippen MR) is 201 cm³/mol. The Kier molecular flexibility index (Phi) is 9.73. The summed E-state index contributed by atoms with van der Waals surface area (Å²) in [6.45, 7) is 4.33. The Hall–Kier alpha value is -4.90. The second kappa shape index (κ2) is 14.3. The van der Waals surface area contributed by atoms with E-state index < -0.39 is 11.2 Å². The molecule has 0 unspecified atom stereocenters. The lowest BCUT2D eigenvalue weighted by Gasteiger charge is -2.22. The van der Waals surface area contributed by atoms with Gasteiger partial charge in [-0.3, -0.25) is 9.59 Å². The summed E-state index contributed by atoms with van der Waals surface area (Å²) in [5.74, 6) is 1.10. The molecule has 0 radical (unpaired) electrons. The van der Waals surface area contributed by atoms with Crippen LogP contribution in [0.2, 0.25) is 0 Å². The molecule has 2 aliphatic heterocycles. The molecule has 6 aromatic rings. The van der Waals surface area contributed by atoms with Crippen molar-refractivity contribution >= 4 is 45.6 Å². The SMILES string of the molecule is CSc1ncc2c(=O)n3n(c2n1)-c1cccc(n1)[C@@](C)(O)CC/C=C\C3.CSc1ncc2c(=O)n3n(c2n1)-c1cccc(n1)[C@](C)(O)CC/C=C\C3. The highest BCUT2D eigenvalue weighted by molar-refractivity contribution is 7.98. The predicted octanol–water partition coefficient (Wildman–Crippen LogP) is 4.51. The van der Waals surface area contributed by atoms with Gasteiger partial charge < -0.3 is 10.2 Å². The molecule has 6 aromatic heterocycles. The quantitative estimate of drug-likeness (QED) is 0.145. The Balaban J connectivity index is 0.000000162. The maximum absolute atomic E-state index is 12.9. The molecule has 0 spiro atoms. The first kappa shape index (κ1) is 35.5. The van der Waals surface area contributed by atoms with Gasteiger partial charge in [-0.25, -0.2) is 48.6 Å². The van der Waals surface area contributed by atoms with Gasteiger partial charge in [0.05, 0.1) is 24.5 Å². The molecule has 16 heteroatoms. The summed E-state index contributed by atoms with van der Waals surface area (Å²) in [6, 6.07) is 10.9. The topological polar surface area (TPSA) is 172 Å². The number of allylic oxidation sites excluding steroid dienone is 4. The van der Waals surface area contributed by atoms with E-state index in [1.165, 1.54) is 23.5 Å². The van der Waals surface area contributed by atoms with E-state index in [0.717, 1.165) is 0 Å². The number of pyridine rings is 2. The fourth-order valence-electron chi connectivity index (χ4n) is 6.27. The second-order valence-electron chi connectivity index (χ2n) is 12.9. The summed E-state index contributed by atoms with van der Waals surface area (Å²) < 4.78 is 6.64. The van der Waals surface area contributed by atoms with Gasteiger partial charge in [-0.2, -0.15) is 0 Å². The smallest absolute Gasteiger partial charge is 0.278 e. The molecule has 0 aliphatic carbocycles. The average molecular weight is 739 g/mol. The van der Waals surface area contributed by atoms with Crippen LogP contribution in [-0.2, 0) is 24.3 Å². The van der Waals surface area contributed by atoms with Crippen molar-refractivity contribution in [1.82, 2.24) is 48.6 Å². The van der Waals surface area contributed by atoms with E-state index in [0.29, 0.717) is 94.2 Å². The monoisotopic (exact) mass is 738 g/mol. The van der Waals surface area contributed by atoms with Gasteiger partial charge in [0.2, 0.25) is 0 Å². The number of hydrogen-bond donors (Lipinski definition) is 2. The molecular formula is C36H38N10O4S2. The third kappa shape index (κ3) is 6.62. The van der Waals surface area contributed by atoms with Crippen LogP contribution in [-0.4, -0.2) is 71.4 Å². The van der Waals surface area contributed by atoms with Crippen molar-refractivity contribution in [3.63, 3.8) is 0 Å². The van der Waals surface area contributed by atoms with Crippen molar-refractivity contribution in [2.24, 2.45) is 0 Å². The number of rotatable bonds is 2. The van der Waals surface area contributed by atoms with E-state index in [-0.39, 0.29) is 11.1 Å². The molecule has 0 aromatic carbocycles. The van der Waals surface area contributed by atoms with Gasteiger partial charge in [-0.15, -0.1) is 0 Å². The highest BCUT2D eigenvalue weighted by Crippen LogP contribution is 2.28. The molecule has 0 saturated heterocycles. The van der Waals surface area contributed by atoms with Crippen LogP contribution in [0.5, 0.6) is 0 Å². The first-order valence-electron chi connectivity index (χ1n) is 16.8. The summed E-state index contributed by atoms with van der Waals surface area (Å²) >= 11 is 2.83. The molecule has 8 rings (SSSR count). The number of aliphatic hydroxyl groups is 2. The first-order chi connectivity index (χ1) is 25.0. The zero-order valence-corrected chi connectivity index (χ0v) is 30.8. The molecule has 0 saturated carbocycles. The van der Waals surface area contributed by atoms with E-state index in [9.17, 15) is 19.8 Å². The van der Waals surface area contributed by atoms with E-state index >= 15 is 0 Å². The Labute approximate surface area is 307 Å². The van der Waals surface area contributed by atoms with Gasteiger partial charge >= 0.3 is 0 Å². The molecule has 268 valence electrons. The number of thioether (sulfide) groups is 2. The molecular weight excluding hydrogens is 701 g/mol.